The van der Waals surface area contributed by atoms with Crippen LogP contribution in [0.4, 0.5) is 4.79 Å². The molecule has 1 aliphatic heterocycles. The molecule has 2 aromatic rings. The number of carbonyl (C=O) groups excluding carboxylic acids is 2. The van der Waals surface area contributed by atoms with E-state index in [0.29, 0.717) is 35.1 Å². The first-order valence-electron chi connectivity index (χ1n) is 9.96. The maximum Gasteiger partial charge on any atom is 0.338 e. The van der Waals surface area contributed by atoms with Crippen molar-refractivity contribution in [2.75, 3.05) is 6.61 Å². The highest BCUT2D eigenvalue weighted by molar-refractivity contribution is 6.30. The van der Waals surface area contributed by atoms with Crippen molar-refractivity contribution in [3.63, 3.8) is 0 Å². The lowest BCUT2D eigenvalue weighted by Gasteiger charge is -2.29. The third-order valence-electron chi connectivity index (χ3n) is 4.68. The molecular weight excluding hydrogens is 404 g/mol. The average molecular weight is 429 g/mol. The van der Waals surface area contributed by atoms with Gasteiger partial charge >= 0.3 is 12.0 Å². The van der Waals surface area contributed by atoms with Gasteiger partial charge in [-0.2, -0.15) is 0 Å². The first-order chi connectivity index (χ1) is 14.5. The molecule has 0 bridgehead atoms. The molecule has 158 valence electrons. The summed E-state index contributed by atoms with van der Waals surface area (Å²) in [5.41, 5.74) is 2.83. The van der Waals surface area contributed by atoms with Crippen molar-refractivity contribution in [2.45, 2.75) is 39.3 Å². The number of esters is 1. The van der Waals surface area contributed by atoms with E-state index in [1.54, 1.807) is 6.92 Å². The largest absolute Gasteiger partial charge is 0.489 e. The molecule has 0 spiro atoms. The molecule has 1 unspecified atom stereocenters. The van der Waals surface area contributed by atoms with Crippen molar-refractivity contribution in [1.29, 1.82) is 0 Å². The second-order valence-electron chi connectivity index (χ2n) is 6.88. The van der Waals surface area contributed by atoms with E-state index in [9.17, 15) is 9.59 Å². The number of amides is 2. The SMILES string of the molecule is CCCC1=C(C(=O)OCC)C(c2ccc(OCc3ccc(Cl)cc3)cc2)NC(=O)N1. The Bertz CT molecular complexity index is 923. The molecule has 0 aliphatic carbocycles. The number of allylic oxidation sites excluding steroid dienone is 1. The van der Waals surface area contributed by atoms with Crippen LogP contribution in [0.3, 0.4) is 0 Å². The Morgan fingerprint density at radius 3 is 2.40 bits per heavy atom. The third-order valence-corrected chi connectivity index (χ3v) is 4.93. The summed E-state index contributed by atoms with van der Waals surface area (Å²) in [5, 5.41) is 6.27. The van der Waals surface area contributed by atoms with Crippen LogP contribution in [0.5, 0.6) is 5.75 Å². The first kappa shape index (κ1) is 21.7. The number of carbonyl (C=O) groups is 2. The van der Waals surface area contributed by atoms with E-state index in [1.165, 1.54) is 0 Å². The highest BCUT2D eigenvalue weighted by Gasteiger charge is 2.33. The summed E-state index contributed by atoms with van der Waals surface area (Å²) in [7, 11) is 0. The summed E-state index contributed by atoms with van der Waals surface area (Å²) in [4.78, 5) is 24.8. The lowest BCUT2D eigenvalue weighted by molar-refractivity contribution is -0.139. The van der Waals surface area contributed by atoms with Gasteiger partial charge in [0.2, 0.25) is 0 Å². The molecular formula is C23H25ClN2O4. The second kappa shape index (κ2) is 10.2. The van der Waals surface area contributed by atoms with Crippen LogP contribution in [0.2, 0.25) is 5.02 Å². The Kier molecular flexibility index (Phi) is 7.36. The van der Waals surface area contributed by atoms with E-state index in [0.717, 1.165) is 17.5 Å². The molecule has 2 N–H and O–H groups in total. The average Bonchev–Trinajstić information content (AvgIpc) is 2.74. The number of rotatable bonds is 8. The quantitative estimate of drug-likeness (QED) is 0.587. The molecule has 0 radical (unpaired) electrons. The Hall–Kier alpha value is -2.99. The van der Waals surface area contributed by atoms with Crippen LogP contribution < -0.4 is 15.4 Å². The fraction of sp³-hybridized carbons (Fsp3) is 0.304. The van der Waals surface area contributed by atoms with E-state index in [4.69, 9.17) is 21.1 Å². The summed E-state index contributed by atoms with van der Waals surface area (Å²) >= 11 is 5.90. The monoisotopic (exact) mass is 428 g/mol. The number of nitrogens with one attached hydrogen (secondary N) is 2. The van der Waals surface area contributed by atoms with Gasteiger partial charge < -0.3 is 20.1 Å². The van der Waals surface area contributed by atoms with Crippen LogP contribution in [0, 0.1) is 0 Å². The number of urea groups is 1. The standard InChI is InChI=1S/C23H25ClN2O4/c1-3-5-19-20(22(27)29-4-2)21(26-23(28)25-19)16-8-12-18(13-9-16)30-14-15-6-10-17(24)11-7-15/h6-13,21H,3-5,14H2,1-2H3,(H2,25,26,28). The molecule has 0 fully saturated rings. The fourth-order valence-electron chi connectivity index (χ4n) is 3.27. The Morgan fingerprint density at radius 1 is 1.07 bits per heavy atom. The Labute approximate surface area is 181 Å². The Morgan fingerprint density at radius 2 is 1.77 bits per heavy atom. The van der Waals surface area contributed by atoms with Gasteiger partial charge in [-0.05, 0) is 48.7 Å². The van der Waals surface area contributed by atoms with Gasteiger partial charge in [-0.3, -0.25) is 0 Å². The molecule has 0 saturated heterocycles. The molecule has 7 heteroatoms. The summed E-state index contributed by atoms with van der Waals surface area (Å²) in [6.45, 7) is 4.43. The highest BCUT2D eigenvalue weighted by atomic mass is 35.5. The third kappa shape index (κ3) is 5.33. The van der Waals surface area contributed by atoms with E-state index < -0.39 is 12.0 Å². The first-order valence-corrected chi connectivity index (χ1v) is 10.3. The maximum absolute atomic E-state index is 12.6. The van der Waals surface area contributed by atoms with Gasteiger partial charge in [0.15, 0.2) is 0 Å². The zero-order chi connectivity index (χ0) is 21.5. The normalized spacial score (nSPS) is 16.0. The minimum atomic E-state index is -0.579. The minimum absolute atomic E-state index is 0.264. The van der Waals surface area contributed by atoms with Crippen molar-refractivity contribution in [3.8, 4) is 5.75 Å². The predicted octanol–water partition coefficient (Wildman–Crippen LogP) is 4.89. The van der Waals surface area contributed by atoms with Gasteiger partial charge in [-0.25, -0.2) is 9.59 Å². The molecule has 2 aromatic carbocycles. The van der Waals surface area contributed by atoms with Crippen molar-refractivity contribution in [2.24, 2.45) is 0 Å². The van der Waals surface area contributed by atoms with Gasteiger partial charge in [0.05, 0.1) is 18.2 Å². The number of hydrogen-bond acceptors (Lipinski definition) is 4. The number of ether oxygens (including phenoxy) is 2. The summed E-state index contributed by atoms with van der Waals surface area (Å²) in [6.07, 6.45) is 1.38. The van der Waals surface area contributed by atoms with E-state index in [-0.39, 0.29) is 12.6 Å². The van der Waals surface area contributed by atoms with Crippen LogP contribution in [-0.2, 0) is 16.1 Å². The Balaban J connectivity index is 1.79. The van der Waals surface area contributed by atoms with Gasteiger partial charge in [-0.1, -0.05) is 49.2 Å². The second-order valence-corrected chi connectivity index (χ2v) is 7.31. The van der Waals surface area contributed by atoms with Crippen molar-refractivity contribution in [1.82, 2.24) is 10.6 Å². The van der Waals surface area contributed by atoms with Crippen LogP contribution in [0.25, 0.3) is 0 Å². The maximum atomic E-state index is 12.6. The molecule has 1 heterocycles. The van der Waals surface area contributed by atoms with Gasteiger partial charge in [-0.15, -0.1) is 0 Å². The van der Waals surface area contributed by atoms with E-state index >= 15 is 0 Å². The van der Waals surface area contributed by atoms with Crippen molar-refractivity contribution in [3.05, 3.63) is 76.0 Å². The topological polar surface area (TPSA) is 76.7 Å². The highest BCUT2D eigenvalue weighted by Crippen LogP contribution is 2.30. The lowest BCUT2D eigenvalue weighted by atomic mass is 9.94. The van der Waals surface area contributed by atoms with Gasteiger partial charge in [0, 0.05) is 10.7 Å². The number of halogens is 1. The zero-order valence-electron chi connectivity index (χ0n) is 17.0. The van der Waals surface area contributed by atoms with Crippen LogP contribution in [0.15, 0.2) is 59.8 Å². The summed E-state index contributed by atoms with van der Waals surface area (Å²) in [5.74, 6) is 0.255. The van der Waals surface area contributed by atoms with Crippen LogP contribution in [0.1, 0.15) is 43.9 Å². The molecule has 0 saturated carbocycles. The number of benzene rings is 2. The molecule has 2 amide bonds. The molecule has 0 aromatic heterocycles. The molecule has 1 atom stereocenters. The van der Waals surface area contributed by atoms with E-state index in [1.807, 2.05) is 55.5 Å². The van der Waals surface area contributed by atoms with Gasteiger partial charge in [0.1, 0.15) is 12.4 Å². The summed E-state index contributed by atoms with van der Waals surface area (Å²) < 4.78 is 11.1. The fourth-order valence-corrected chi connectivity index (χ4v) is 3.39. The zero-order valence-corrected chi connectivity index (χ0v) is 17.8. The van der Waals surface area contributed by atoms with Crippen molar-refractivity contribution >= 4 is 23.6 Å². The molecule has 6 nitrogen and oxygen atoms in total. The molecule has 30 heavy (non-hydrogen) atoms. The molecule has 3 rings (SSSR count). The summed E-state index contributed by atoms with van der Waals surface area (Å²) in [6, 6.07) is 13.9. The smallest absolute Gasteiger partial charge is 0.338 e. The lowest BCUT2D eigenvalue weighted by Crippen LogP contribution is -2.46. The minimum Gasteiger partial charge on any atom is -0.489 e. The molecule has 1 aliphatic rings. The van der Waals surface area contributed by atoms with Crippen LogP contribution in [-0.4, -0.2) is 18.6 Å². The number of hydrogen-bond donors (Lipinski definition) is 2. The van der Waals surface area contributed by atoms with Gasteiger partial charge in [0.25, 0.3) is 0 Å². The van der Waals surface area contributed by atoms with E-state index in [2.05, 4.69) is 10.6 Å². The predicted molar refractivity (Wildman–Crippen MR) is 115 cm³/mol. The van der Waals surface area contributed by atoms with Crippen molar-refractivity contribution < 1.29 is 19.1 Å². The van der Waals surface area contributed by atoms with Crippen LogP contribution >= 0.6 is 11.6 Å².